The van der Waals surface area contributed by atoms with Gasteiger partial charge in [0.2, 0.25) is 0 Å². The Labute approximate surface area is 200 Å². The van der Waals surface area contributed by atoms with E-state index in [0.29, 0.717) is 18.0 Å². The van der Waals surface area contributed by atoms with Gasteiger partial charge < -0.3 is 10.1 Å². The fraction of sp³-hybridized carbons (Fsp3) is 0.0370. The fourth-order valence-electron chi connectivity index (χ4n) is 3.32. The third-order valence-corrected chi connectivity index (χ3v) is 5.63. The fourth-order valence-corrected chi connectivity index (χ4v) is 3.68. The summed E-state index contributed by atoms with van der Waals surface area (Å²) in [6.07, 6.45) is 1.56. The average Bonchev–Trinajstić information content (AvgIpc) is 2.83. The monoisotopic (exact) mass is 530 g/mol. The highest BCUT2D eigenvalue weighted by molar-refractivity contribution is 14.1. The molecule has 32 heavy (non-hydrogen) atoms. The lowest BCUT2D eigenvalue weighted by molar-refractivity contribution is -0.112. The third-order valence-electron chi connectivity index (χ3n) is 4.91. The molecule has 0 spiro atoms. The van der Waals surface area contributed by atoms with Crippen LogP contribution in [-0.2, 0) is 11.4 Å². The van der Waals surface area contributed by atoms with Gasteiger partial charge in [-0.2, -0.15) is 5.26 Å². The third kappa shape index (κ3) is 5.34. The molecule has 0 unspecified atom stereocenters. The molecule has 0 fully saturated rings. The summed E-state index contributed by atoms with van der Waals surface area (Å²) in [5.74, 6) is 0.220. The summed E-state index contributed by atoms with van der Waals surface area (Å²) in [6.45, 7) is 0.424. The standard InChI is InChI=1S/C27H19IN2O2/c28-23-11-13-24(14-12-23)30-27(31)22(17-29)15-19-5-3-9-25(16-19)32-18-21-8-4-7-20-6-1-2-10-26(20)21/h1-16H,18H2,(H,30,31)/b22-15-. The predicted molar refractivity (Wildman–Crippen MR) is 136 cm³/mol. The summed E-state index contributed by atoms with van der Waals surface area (Å²) >= 11 is 2.19. The molecule has 1 amide bonds. The molecular formula is C27H19IN2O2. The molecule has 0 bridgehead atoms. The molecule has 156 valence electrons. The zero-order valence-electron chi connectivity index (χ0n) is 17.1. The van der Waals surface area contributed by atoms with Crippen LogP contribution in [0.15, 0.2) is 96.6 Å². The number of nitriles is 1. The summed E-state index contributed by atoms with van der Waals surface area (Å²) < 4.78 is 7.08. The largest absolute Gasteiger partial charge is 0.489 e. The Hall–Kier alpha value is -3.63. The molecule has 0 aliphatic rings. The Balaban J connectivity index is 1.48. The highest BCUT2D eigenvalue weighted by Crippen LogP contribution is 2.22. The lowest BCUT2D eigenvalue weighted by Gasteiger charge is -2.10. The number of nitrogens with zero attached hydrogens (tertiary/aromatic N) is 1. The molecule has 4 rings (SSSR count). The molecule has 0 atom stereocenters. The van der Waals surface area contributed by atoms with Crippen LogP contribution in [0.1, 0.15) is 11.1 Å². The van der Waals surface area contributed by atoms with E-state index in [-0.39, 0.29) is 5.57 Å². The highest BCUT2D eigenvalue weighted by Gasteiger charge is 2.10. The number of nitrogens with one attached hydrogen (secondary N) is 1. The van der Waals surface area contributed by atoms with Gasteiger partial charge in [0.05, 0.1) is 0 Å². The molecule has 4 aromatic rings. The number of rotatable bonds is 6. The van der Waals surface area contributed by atoms with Gasteiger partial charge in [0.15, 0.2) is 0 Å². The highest BCUT2D eigenvalue weighted by atomic mass is 127. The zero-order chi connectivity index (χ0) is 22.3. The number of amides is 1. The summed E-state index contributed by atoms with van der Waals surface area (Å²) in [5.41, 5.74) is 2.48. The first-order chi connectivity index (χ1) is 15.6. The van der Waals surface area contributed by atoms with Crippen LogP contribution in [0.5, 0.6) is 5.75 Å². The van der Waals surface area contributed by atoms with Gasteiger partial charge in [0.1, 0.15) is 24.0 Å². The van der Waals surface area contributed by atoms with Gasteiger partial charge in [-0.25, -0.2) is 0 Å². The quantitative estimate of drug-likeness (QED) is 0.174. The molecule has 1 N–H and O–H groups in total. The van der Waals surface area contributed by atoms with Crippen LogP contribution < -0.4 is 10.1 Å². The number of benzene rings is 4. The van der Waals surface area contributed by atoms with Gasteiger partial charge in [0.25, 0.3) is 5.91 Å². The lowest BCUT2D eigenvalue weighted by atomic mass is 10.1. The van der Waals surface area contributed by atoms with E-state index in [2.05, 4.69) is 52.2 Å². The van der Waals surface area contributed by atoms with E-state index in [0.717, 1.165) is 20.1 Å². The normalized spacial score (nSPS) is 11.1. The molecule has 0 aromatic heterocycles. The second-order valence-electron chi connectivity index (χ2n) is 7.13. The number of anilines is 1. The van der Waals surface area contributed by atoms with E-state index >= 15 is 0 Å². The van der Waals surface area contributed by atoms with Gasteiger partial charge in [-0.05, 0) is 87.0 Å². The zero-order valence-corrected chi connectivity index (χ0v) is 19.2. The van der Waals surface area contributed by atoms with Gasteiger partial charge in [-0.1, -0.05) is 54.6 Å². The van der Waals surface area contributed by atoms with Crippen molar-refractivity contribution in [1.82, 2.24) is 0 Å². The van der Waals surface area contributed by atoms with Crippen molar-refractivity contribution in [2.75, 3.05) is 5.32 Å². The topological polar surface area (TPSA) is 62.1 Å². The Morgan fingerprint density at radius 3 is 2.53 bits per heavy atom. The number of carbonyl (C=O) groups is 1. The summed E-state index contributed by atoms with van der Waals surface area (Å²) in [7, 11) is 0. The molecule has 0 radical (unpaired) electrons. The van der Waals surface area contributed by atoms with Crippen LogP contribution in [0, 0.1) is 14.9 Å². The maximum absolute atomic E-state index is 12.5. The molecule has 0 heterocycles. The summed E-state index contributed by atoms with van der Waals surface area (Å²) in [5, 5.41) is 14.6. The van der Waals surface area contributed by atoms with E-state index in [1.54, 1.807) is 18.2 Å². The Kier molecular flexibility index (Phi) is 6.83. The van der Waals surface area contributed by atoms with Crippen LogP contribution in [0.4, 0.5) is 5.69 Å². The minimum atomic E-state index is -0.448. The van der Waals surface area contributed by atoms with Crippen molar-refractivity contribution in [3.8, 4) is 11.8 Å². The van der Waals surface area contributed by atoms with E-state index in [4.69, 9.17) is 4.74 Å². The molecule has 0 aliphatic heterocycles. The Morgan fingerprint density at radius 2 is 1.72 bits per heavy atom. The van der Waals surface area contributed by atoms with Crippen molar-refractivity contribution in [2.45, 2.75) is 6.61 Å². The van der Waals surface area contributed by atoms with Crippen LogP contribution in [0.25, 0.3) is 16.8 Å². The molecular weight excluding hydrogens is 511 g/mol. The smallest absolute Gasteiger partial charge is 0.266 e. The van der Waals surface area contributed by atoms with Gasteiger partial charge in [0, 0.05) is 9.26 Å². The summed E-state index contributed by atoms with van der Waals surface area (Å²) in [6, 6.07) is 31.1. The van der Waals surface area contributed by atoms with Crippen LogP contribution in [0.2, 0.25) is 0 Å². The number of hydrogen-bond acceptors (Lipinski definition) is 3. The number of fused-ring (bicyclic) bond motifs is 1. The number of carbonyl (C=O) groups excluding carboxylic acids is 1. The number of halogens is 1. The van der Waals surface area contributed by atoms with Crippen molar-refractivity contribution in [3.63, 3.8) is 0 Å². The first-order valence-corrected chi connectivity index (χ1v) is 11.1. The molecule has 0 saturated heterocycles. The molecule has 0 saturated carbocycles. The van der Waals surface area contributed by atoms with E-state index in [1.807, 2.05) is 60.7 Å². The molecule has 5 heteroatoms. The SMILES string of the molecule is N#C/C(=C/c1cccc(OCc2cccc3ccccc23)c1)C(=O)Nc1ccc(I)cc1. The average molecular weight is 530 g/mol. The van der Waals surface area contributed by atoms with Gasteiger partial charge in [-0.3, -0.25) is 4.79 Å². The summed E-state index contributed by atoms with van der Waals surface area (Å²) in [4.78, 5) is 12.5. The second kappa shape index (κ2) is 10.1. The predicted octanol–water partition coefficient (Wildman–Crippen LogP) is 6.57. The van der Waals surface area contributed by atoms with Crippen molar-refractivity contribution >= 4 is 51.0 Å². The van der Waals surface area contributed by atoms with Gasteiger partial charge in [-0.15, -0.1) is 0 Å². The van der Waals surface area contributed by atoms with Crippen molar-refractivity contribution in [2.24, 2.45) is 0 Å². The van der Waals surface area contributed by atoms with E-state index in [9.17, 15) is 10.1 Å². The van der Waals surface area contributed by atoms with Crippen LogP contribution in [0.3, 0.4) is 0 Å². The molecule has 4 aromatic carbocycles. The number of ether oxygens (including phenoxy) is 1. The first kappa shape index (κ1) is 21.6. The van der Waals surface area contributed by atoms with Gasteiger partial charge >= 0.3 is 0 Å². The van der Waals surface area contributed by atoms with Crippen molar-refractivity contribution in [1.29, 1.82) is 5.26 Å². The molecule has 0 aliphatic carbocycles. The minimum absolute atomic E-state index is 0.0229. The van der Waals surface area contributed by atoms with E-state index < -0.39 is 5.91 Å². The lowest BCUT2D eigenvalue weighted by Crippen LogP contribution is -2.13. The van der Waals surface area contributed by atoms with Crippen molar-refractivity contribution in [3.05, 3.63) is 111 Å². The maximum Gasteiger partial charge on any atom is 0.266 e. The Bertz CT molecular complexity index is 1330. The maximum atomic E-state index is 12.5. The van der Waals surface area contributed by atoms with Crippen LogP contribution >= 0.6 is 22.6 Å². The van der Waals surface area contributed by atoms with Crippen molar-refractivity contribution < 1.29 is 9.53 Å². The minimum Gasteiger partial charge on any atom is -0.489 e. The van der Waals surface area contributed by atoms with Crippen LogP contribution in [-0.4, -0.2) is 5.91 Å². The molecule has 4 nitrogen and oxygen atoms in total. The second-order valence-corrected chi connectivity index (χ2v) is 8.38. The Morgan fingerprint density at radius 1 is 0.969 bits per heavy atom. The van der Waals surface area contributed by atoms with E-state index in [1.165, 1.54) is 5.39 Å². The number of hydrogen-bond donors (Lipinski definition) is 1. The first-order valence-electron chi connectivity index (χ1n) is 10.0.